The lowest BCUT2D eigenvalue weighted by Crippen LogP contribution is -2.46. The van der Waals surface area contributed by atoms with Crippen molar-refractivity contribution in [3.8, 4) is 17.0 Å². The van der Waals surface area contributed by atoms with Gasteiger partial charge in [-0.1, -0.05) is 24.3 Å². The summed E-state index contributed by atoms with van der Waals surface area (Å²) in [7, 11) is 1.70. The van der Waals surface area contributed by atoms with E-state index in [-0.39, 0.29) is 12.2 Å². The summed E-state index contributed by atoms with van der Waals surface area (Å²) >= 11 is 0. The minimum absolute atomic E-state index is 0.102. The number of methoxy groups -OCH3 is 1. The third kappa shape index (κ3) is 6.73. The second-order valence-corrected chi connectivity index (χ2v) is 11.3. The van der Waals surface area contributed by atoms with Crippen LogP contribution in [0.4, 0.5) is 11.8 Å². The first kappa shape index (κ1) is 29.3. The fraction of sp³-hybridized carbons (Fsp3) is 0.424. The maximum atomic E-state index is 5.98. The van der Waals surface area contributed by atoms with Gasteiger partial charge in [0.25, 0.3) is 0 Å². The number of benzene rings is 2. The van der Waals surface area contributed by atoms with Crippen molar-refractivity contribution in [3.63, 3.8) is 0 Å². The number of anilines is 2. The molecule has 0 amide bonds. The van der Waals surface area contributed by atoms with Crippen LogP contribution in [-0.2, 0) is 29.1 Å². The number of pyridine rings is 1. The molecule has 0 unspecified atom stereocenters. The van der Waals surface area contributed by atoms with E-state index in [1.807, 2.05) is 18.2 Å². The van der Waals surface area contributed by atoms with E-state index in [0.717, 1.165) is 72.1 Å². The highest BCUT2D eigenvalue weighted by molar-refractivity contribution is 5.90. The van der Waals surface area contributed by atoms with Crippen LogP contribution in [0.1, 0.15) is 30.5 Å². The lowest BCUT2D eigenvalue weighted by Gasteiger charge is -2.36. The van der Waals surface area contributed by atoms with Crippen LogP contribution < -0.4 is 25.6 Å². The molecule has 4 heterocycles. The molecule has 0 spiro atoms. The van der Waals surface area contributed by atoms with Crippen LogP contribution in [0.3, 0.4) is 0 Å². The molecule has 2 aliphatic rings. The molecule has 2 aromatic carbocycles. The topological polar surface area (TPSA) is 111 Å². The van der Waals surface area contributed by atoms with Crippen LogP contribution in [0, 0.1) is 0 Å². The van der Waals surface area contributed by atoms with Gasteiger partial charge in [-0.15, -0.1) is 0 Å². The number of hydrogen-bond acceptors (Lipinski definition) is 10. The summed E-state index contributed by atoms with van der Waals surface area (Å²) in [5, 5.41) is 4.50. The average molecular weight is 584 g/mol. The molecule has 0 bridgehead atoms. The van der Waals surface area contributed by atoms with E-state index in [2.05, 4.69) is 65.4 Å². The molecule has 2 aromatic heterocycles. The van der Waals surface area contributed by atoms with Crippen LogP contribution in [0.25, 0.3) is 22.3 Å². The van der Waals surface area contributed by atoms with Crippen molar-refractivity contribution in [2.45, 2.75) is 45.7 Å². The molecule has 3 N–H and O–H groups in total. The molecular formula is C33H41N7O3. The van der Waals surface area contributed by atoms with Gasteiger partial charge in [0.05, 0.1) is 43.6 Å². The summed E-state index contributed by atoms with van der Waals surface area (Å²) in [4.78, 5) is 19.7. The Kier molecular flexibility index (Phi) is 8.99. The van der Waals surface area contributed by atoms with Crippen LogP contribution in [0.2, 0.25) is 0 Å². The third-order valence-corrected chi connectivity index (χ3v) is 7.99. The van der Waals surface area contributed by atoms with Gasteiger partial charge in [0.15, 0.2) is 5.65 Å². The highest BCUT2D eigenvalue weighted by atomic mass is 16.5. The standard InChI is InChI=1S/C33H41N7O3/c1-22-20-40(21-23(2)43-22)33-37-31-28(32(38-33)39-11-13-42-14-12-39)8-9-29(36-31)26-7-10-30(41-3)27(16-26)19-35-18-25-6-4-5-24(15-25)17-34/h4-10,15-16,22-23,35H,11-14,17-21,34H2,1-3H3/t22-,23+. The lowest BCUT2D eigenvalue weighted by atomic mass is 10.1. The van der Waals surface area contributed by atoms with Gasteiger partial charge < -0.3 is 35.1 Å². The smallest absolute Gasteiger partial charge is 0.229 e. The molecule has 4 aromatic rings. The first-order valence-electron chi connectivity index (χ1n) is 15.1. The van der Waals surface area contributed by atoms with E-state index in [0.29, 0.717) is 37.9 Å². The van der Waals surface area contributed by atoms with Crippen LogP contribution >= 0.6 is 0 Å². The van der Waals surface area contributed by atoms with Gasteiger partial charge in [-0.25, -0.2) is 4.98 Å². The van der Waals surface area contributed by atoms with Crippen molar-refractivity contribution in [2.24, 2.45) is 5.73 Å². The molecule has 2 saturated heterocycles. The van der Waals surface area contributed by atoms with Gasteiger partial charge in [-0.05, 0) is 55.3 Å². The molecule has 0 radical (unpaired) electrons. The number of rotatable bonds is 9. The summed E-state index contributed by atoms with van der Waals surface area (Å²) in [6.45, 7) is 10.5. The van der Waals surface area contributed by atoms with Gasteiger partial charge in [0.2, 0.25) is 5.95 Å². The van der Waals surface area contributed by atoms with Crippen LogP contribution in [0.15, 0.2) is 54.6 Å². The first-order valence-corrected chi connectivity index (χ1v) is 15.1. The van der Waals surface area contributed by atoms with Crippen LogP contribution in [-0.4, -0.2) is 73.7 Å². The molecule has 10 nitrogen and oxygen atoms in total. The molecule has 2 fully saturated rings. The second-order valence-electron chi connectivity index (χ2n) is 11.3. The molecule has 43 heavy (non-hydrogen) atoms. The normalized spacial score (nSPS) is 19.2. The molecule has 0 aliphatic carbocycles. The zero-order chi connectivity index (χ0) is 29.8. The number of morpholine rings is 2. The van der Waals surface area contributed by atoms with E-state index in [9.17, 15) is 0 Å². The Morgan fingerprint density at radius 1 is 0.907 bits per heavy atom. The van der Waals surface area contributed by atoms with Crippen molar-refractivity contribution < 1.29 is 14.2 Å². The van der Waals surface area contributed by atoms with Crippen molar-refractivity contribution >= 4 is 22.8 Å². The molecule has 6 rings (SSSR count). The third-order valence-electron chi connectivity index (χ3n) is 7.99. The number of nitrogens with zero attached hydrogens (tertiary/aromatic N) is 5. The zero-order valence-electron chi connectivity index (χ0n) is 25.3. The molecule has 10 heteroatoms. The van der Waals surface area contributed by atoms with Gasteiger partial charge in [-0.3, -0.25) is 0 Å². The minimum atomic E-state index is 0.102. The van der Waals surface area contributed by atoms with E-state index in [1.54, 1.807) is 7.11 Å². The average Bonchev–Trinajstić information content (AvgIpc) is 3.04. The van der Waals surface area contributed by atoms with Gasteiger partial charge in [-0.2, -0.15) is 9.97 Å². The van der Waals surface area contributed by atoms with Gasteiger partial charge >= 0.3 is 0 Å². The number of nitrogens with one attached hydrogen (secondary N) is 1. The van der Waals surface area contributed by atoms with Crippen molar-refractivity contribution in [3.05, 3.63) is 71.3 Å². The summed E-state index contributed by atoms with van der Waals surface area (Å²) in [6.07, 6.45) is 0.204. The van der Waals surface area contributed by atoms with E-state index >= 15 is 0 Å². The Morgan fingerprint density at radius 2 is 1.70 bits per heavy atom. The largest absolute Gasteiger partial charge is 0.496 e. The highest BCUT2D eigenvalue weighted by Gasteiger charge is 2.27. The van der Waals surface area contributed by atoms with Crippen molar-refractivity contribution in [1.82, 2.24) is 20.3 Å². The number of ether oxygens (including phenoxy) is 3. The predicted octanol–water partition coefficient (Wildman–Crippen LogP) is 3.90. The monoisotopic (exact) mass is 583 g/mol. The maximum Gasteiger partial charge on any atom is 0.229 e. The summed E-state index contributed by atoms with van der Waals surface area (Å²) in [5.41, 5.74) is 11.8. The predicted molar refractivity (Wildman–Crippen MR) is 169 cm³/mol. The lowest BCUT2D eigenvalue weighted by molar-refractivity contribution is -0.00570. The Morgan fingerprint density at radius 3 is 2.47 bits per heavy atom. The molecule has 226 valence electrons. The molecular weight excluding hydrogens is 542 g/mol. The number of nitrogens with two attached hydrogens (primary N) is 1. The number of fused-ring (bicyclic) bond motifs is 1. The second kappa shape index (κ2) is 13.2. The quantitative estimate of drug-likeness (QED) is 0.301. The maximum absolute atomic E-state index is 5.98. The molecule has 2 atom stereocenters. The SMILES string of the molecule is COc1ccc(-c2ccc3c(N4CCOCC4)nc(N4C[C@@H](C)O[C@@H](C)C4)nc3n2)cc1CNCc1cccc(CN)c1. The summed E-state index contributed by atoms with van der Waals surface area (Å²) < 4.78 is 17.3. The first-order chi connectivity index (χ1) is 21.0. The van der Waals surface area contributed by atoms with Crippen molar-refractivity contribution in [1.29, 1.82) is 0 Å². The molecule has 2 aliphatic heterocycles. The Labute approximate surface area is 253 Å². The minimum Gasteiger partial charge on any atom is -0.496 e. The van der Waals surface area contributed by atoms with Gasteiger partial charge in [0, 0.05) is 56.9 Å². The Balaban J connectivity index is 1.31. The fourth-order valence-electron chi connectivity index (χ4n) is 5.93. The number of hydrogen-bond donors (Lipinski definition) is 2. The zero-order valence-corrected chi connectivity index (χ0v) is 25.3. The van der Waals surface area contributed by atoms with E-state index in [4.69, 9.17) is 34.9 Å². The summed E-state index contributed by atoms with van der Waals surface area (Å²) in [6, 6.07) is 18.7. The Bertz CT molecular complexity index is 1550. The molecule has 0 saturated carbocycles. The summed E-state index contributed by atoms with van der Waals surface area (Å²) in [5.74, 6) is 2.44. The van der Waals surface area contributed by atoms with E-state index in [1.165, 1.54) is 5.56 Å². The van der Waals surface area contributed by atoms with Gasteiger partial charge in [0.1, 0.15) is 11.6 Å². The number of aromatic nitrogens is 3. The van der Waals surface area contributed by atoms with Crippen LogP contribution in [0.5, 0.6) is 5.75 Å². The van der Waals surface area contributed by atoms with Crippen molar-refractivity contribution in [2.75, 3.05) is 56.3 Å². The highest BCUT2D eigenvalue weighted by Crippen LogP contribution is 2.31. The van der Waals surface area contributed by atoms with E-state index < -0.39 is 0 Å². The Hall–Kier alpha value is -3.83. The fourth-order valence-corrected chi connectivity index (χ4v) is 5.93.